The maximum atomic E-state index is 12.0. The molecule has 17 heavy (non-hydrogen) atoms. The molecule has 1 saturated heterocycles. The zero-order chi connectivity index (χ0) is 12.7. The van der Waals surface area contributed by atoms with Gasteiger partial charge in [-0.1, -0.05) is 6.92 Å². The van der Waals surface area contributed by atoms with Crippen molar-refractivity contribution in [3.05, 3.63) is 0 Å². The minimum Gasteiger partial charge on any atom is -0.396 e. The van der Waals surface area contributed by atoms with Gasteiger partial charge < -0.3 is 15.3 Å². The highest BCUT2D eigenvalue weighted by Crippen LogP contribution is 2.19. The summed E-state index contributed by atoms with van der Waals surface area (Å²) < 4.78 is 0. The largest absolute Gasteiger partial charge is 0.396 e. The molecule has 2 N–H and O–H groups in total. The summed E-state index contributed by atoms with van der Waals surface area (Å²) in [4.78, 5) is 13.9. The Hall–Kier alpha value is -0.420. The average Bonchev–Trinajstić information content (AvgIpc) is 2.36. The molecule has 2 atom stereocenters. The highest BCUT2D eigenvalue weighted by Gasteiger charge is 2.25. The number of likely N-dealkylation sites (tertiary alicyclic amines) is 1. The molecule has 5 heteroatoms. The Balaban J connectivity index is 2.41. The van der Waals surface area contributed by atoms with Crippen LogP contribution in [0.3, 0.4) is 0 Å². The van der Waals surface area contributed by atoms with E-state index in [-0.39, 0.29) is 18.7 Å². The first-order valence-corrected chi connectivity index (χ1v) is 7.66. The quantitative estimate of drug-likeness (QED) is 0.791. The SMILES string of the molecule is CS[C@@H](C)CNC(=O)N1CCCC[C@@H]1CCO. The van der Waals surface area contributed by atoms with Gasteiger partial charge in [0.1, 0.15) is 0 Å². The molecular formula is C12H24N2O2S. The third-order valence-electron chi connectivity index (χ3n) is 3.29. The van der Waals surface area contributed by atoms with Gasteiger partial charge in [0.2, 0.25) is 0 Å². The van der Waals surface area contributed by atoms with Crippen molar-refractivity contribution < 1.29 is 9.90 Å². The van der Waals surface area contributed by atoms with Crippen molar-refractivity contribution in [1.82, 2.24) is 10.2 Å². The van der Waals surface area contributed by atoms with Crippen LogP contribution in [0, 0.1) is 0 Å². The molecule has 0 bridgehead atoms. The monoisotopic (exact) mass is 260 g/mol. The van der Waals surface area contributed by atoms with Crippen LogP contribution in [0.15, 0.2) is 0 Å². The molecule has 1 aliphatic rings. The molecule has 0 spiro atoms. The Bertz CT molecular complexity index is 237. The molecule has 0 aromatic rings. The van der Waals surface area contributed by atoms with Gasteiger partial charge >= 0.3 is 6.03 Å². The van der Waals surface area contributed by atoms with Gasteiger partial charge in [-0.3, -0.25) is 0 Å². The fraction of sp³-hybridized carbons (Fsp3) is 0.917. The third kappa shape index (κ3) is 4.76. The standard InChI is InChI=1S/C12H24N2O2S/c1-10(17-2)9-13-12(16)14-7-4-3-5-11(14)6-8-15/h10-11,15H,3-9H2,1-2H3,(H,13,16)/t10-,11+/m0/s1. The Morgan fingerprint density at radius 3 is 3.00 bits per heavy atom. The summed E-state index contributed by atoms with van der Waals surface area (Å²) in [5.41, 5.74) is 0. The highest BCUT2D eigenvalue weighted by molar-refractivity contribution is 7.99. The van der Waals surface area contributed by atoms with Crippen LogP contribution < -0.4 is 5.32 Å². The second-order valence-corrected chi connectivity index (χ2v) is 5.86. The van der Waals surface area contributed by atoms with Gasteiger partial charge in [-0.05, 0) is 31.9 Å². The Labute approximate surface area is 108 Å². The summed E-state index contributed by atoms with van der Waals surface area (Å²) in [5, 5.41) is 12.4. The zero-order valence-electron chi connectivity index (χ0n) is 10.8. The molecule has 4 nitrogen and oxygen atoms in total. The molecule has 1 heterocycles. The predicted octanol–water partition coefficient (Wildman–Crippen LogP) is 1.68. The highest BCUT2D eigenvalue weighted by atomic mass is 32.2. The van der Waals surface area contributed by atoms with E-state index in [1.54, 1.807) is 11.8 Å². The minimum absolute atomic E-state index is 0.0315. The molecule has 1 aliphatic heterocycles. The average molecular weight is 260 g/mol. The smallest absolute Gasteiger partial charge is 0.317 e. The number of nitrogens with zero attached hydrogens (tertiary/aromatic N) is 1. The molecule has 2 amide bonds. The number of piperidine rings is 1. The number of amides is 2. The third-order valence-corrected chi connectivity index (χ3v) is 4.26. The van der Waals surface area contributed by atoms with Crippen molar-refractivity contribution in [2.75, 3.05) is 26.0 Å². The van der Waals surface area contributed by atoms with Crippen LogP contribution in [0.1, 0.15) is 32.6 Å². The molecule has 1 rings (SSSR count). The van der Waals surface area contributed by atoms with E-state index in [0.29, 0.717) is 18.2 Å². The van der Waals surface area contributed by atoms with Crippen molar-refractivity contribution in [3.8, 4) is 0 Å². The van der Waals surface area contributed by atoms with Gasteiger partial charge in [-0.2, -0.15) is 11.8 Å². The first-order chi connectivity index (χ1) is 8.19. The summed E-state index contributed by atoms with van der Waals surface area (Å²) >= 11 is 1.75. The molecule has 0 aliphatic carbocycles. The van der Waals surface area contributed by atoms with Crippen molar-refractivity contribution in [3.63, 3.8) is 0 Å². The summed E-state index contributed by atoms with van der Waals surface area (Å²) in [6, 6.07) is 0.252. The summed E-state index contributed by atoms with van der Waals surface area (Å²) in [5.74, 6) is 0. The lowest BCUT2D eigenvalue weighted by molar-refractivity contribution is 0.132. The normalized spacial score (nSPS) is 22.3. The molecule has 1 fully saturated rings. The number of rotatable bonds is 5. The first-order valence-electron chi connectivity index (χ1n) is 6.37. The number of aliphatic hydroxyl groups is 1. The van der Waals surface area contributed by atoms with Crippen LogP contribution in [0.2, 0.25) is 0 Å². The number of nitrogens with one attached hydrogen (secondary N) is 1. The Morgan fingerprint density at radius 2 is 2.35 bits per heavy atom. The van der Waals surface area contributed by atoms with Crippen LogP contribution >= 0.6 is 11.8 Å². The van der Waals surface area contributed by atoms with Crippen molar-refractivity contribution in [1.29, 1.82) is 0 Å². The molecule has 100 valence electrons. The van der Waals surface area contributed by atoms with Gasteiger partial charge in [-0.25, -0.2) is 4.79 Å². The number of thioether (sulfide) groups is 1. The van der Waals surface area contributed by atoms with Crippen LogP contribution in [0.4, 0.5) is 4.79 Å². The van der Waals surface area contributed by atoms with Crippen LogP contribution in [-0.2, 0) is 0 Å². The lowest BCUT2D eigenvalue weighted by Gasteiger charge is -2.35. The van der Waals surface area contributed by atoms with E-state index in [9.17, 15) is 4.79 Å². The summed E-state index contributed by atoms with van der Waals surface area (Å²) in [6.45, 7) is 3.80. The van der Waals surface area contributed by atoms with Gasteiger partial charge in [0.05, 0.1) is 0 Å². The number of carbonyl (C=O) groups excluding carboxylic acids is 1. The predicted molar refractivity (Wildman–Crippen MR) is 72.4 cm³/mol. The number of aliphatic hydroxyl groups excluding tert-OH is 1. The fourth-order valence-electron chi connectivity index (χ4n) is 2.13. The van der Waals surface area contributed by atoms with Gasteiger partial charge in [0.15, 0.2) is 0 Å². The van der Waals surface area contributed by atoms with E-state index >= 15 is 0 Å². The Morgan fingerprint density at radius 1 is 1.59 bits per heavy atom. The zero-order valence-corrected chi connectivity index (χ0v) is 11.6. The lowest BCUT2D eigenvalue weighted by atomic mass is 10.0. The van der Waals surface area contributed by atoms with E-state index in [1.165, 1.54) is 0 Å². The van der Waals surface area contributed by atoms with Crippen molar-refractivity contribution in [2.45, 2.75) is 43.9 Å². The molecule has 0 saturated carbocycles. The Kier molecular flexibility index (Phi) is 6.73. The van der Waals surface area contributed by atoms with Gasteiger partial charge in [-0.15, -0.1) is 0 Å². The second-order valence-electron chi connectivity index (χ2n) is 4.59. The van der Waals surface area contributed by atoms with E-state index < -0.39 is 0 Å². The van der Waals surface area contributed by atoms with Crippen LogP contribution in [-0.4, -0.2) is 53.3 Å². The topological polar surface area (TPSA) is 52.6 Å². The lowest BCUT2D eigenvalue weighted by Crippen LogP contribution is -2.49. The van der Waals surface area contributed by atoms with Crippen molar-refractivity contribution >= 4 is 17.8 Å². The van der Waals surface area contributed by atoms with Crippen molar-refractivity contribution in [2.24, 2.45) is 0 Å². The van der Waals surface area contributed by atoms with E-state index in [2.05, 4.69) is 12.2 Å². The summed E-state index contributed by atoms with van der Waals surface area (Å²) in [7, 11) is 0. The molecule has 0 radical (unpaired) electrons. The number of urea groups is 1. The van der Waals surface area contributed by atoms with Gasteiger partial charge in [0, 0.05) is 31.0 Å². The molecule has 0 aromatic carbocycles. The minimum atomic E-state index is 0.0315. The number of hydrogen-bond acceptors (Lipinski definition) is 3. The van der Waals surface area contributed by atoms with E-state index in [1.807, 2.05) is 11.2 Å². The van der Waals surface area contributed by atoms with Crippen LogP contribution in [0.5, 0.6) is 0 Å². The maximum Gasteiger partial charge on any atom is 0.317 e. The summed E-state index contributed by atoms with van der Waals surface area (Å²) in [6.07, 6.45) is 6.01. The molecular weight excluding hydrogens is 236 g/mol. The molecule has 0 aromatic heterocycles. The van der Waals surface area contributed by atoms with E-state index in [4.69, 9.17) is 5.11 Å². The fourth-order valence-corrected chi connectivity index (χ4v) is 2.38. The maximum absolute atomic E-state index is 12.0. The molecule has 0 unspecified atom stereocenters. The second kappa shape index (κ2) is 7.82. The van der Waals surface area contributed by atoms with E-state index in [0.717, 1.165) is 25.8 Å². The first kappa shape index (κ1) is 14.6. The van der Waals surface area contributed by atoms with Gasteiger partial charge in [0.25, 0.3) is 0 Å². The number of carbonyl (C=O) groups is 1. The number of hydrogen-bond donors (Lipinski definition) is 2. The van der Waals surface area contributed by atoms with Crippen LogP contribution in [0.25, 0.3) is 0 Å².